The molecule has 7 heteroatoms. The van der Waals surface area contributed by atoms with Crippen LogP contribution >= 0.6 is 11.8 Å². The van der Waals surface area contributed by atoms with Crippen LogP contribution in [0, 0.1) is 5.92 Å². The number of carboxylic acids is 1. The Hall–Kier alpha value is -1.08. The average Bonchev–Trinajstić information content (AvgIpc) is 2.75. The number of carbonyl (C=O) groups is 1. The smallest absolute Gasteiger partial charge is 0.313 e. The SMILES string of the molecule is O=C(O)CSc1nncn1CC1CCOCC1. The number of rotatable bonds is 5. The average molecular weight is 257 g/mol. The van der Waals surface area contributed by atoms with E-state index >= 15 is 0 Å². The zero-order valence-corrected chi connectivity index (χ0v) is 10.2. The van der Waals surface area contributed by atoms with Crippen LogP contribution in [-0.2, 0) is 16.1 Å². The van der Waals surface area contributed by atoms with E-state index in [0.29, 0.717) is 11.1 Å². The van der Waals surface area contributed by atoms with E-state index in [-0.39, 0.29) is 5.75 Å². The maximum absolute atomic E-state index is 10.5. The molecule has 0 aliphatic carbocycles. The number of hydrogen-bond donors (Lipinski definition) is 1. The Balaban J connectivity index is 1.91. The molecule has 1 aromatic rings. The van der Waals surface area contributed by atoms with Gasteiger partial charge in [0.15, 0.2) is 5.16 Å². The molecular formula is C10H15N3O3S. The summed E-state index contributed by atoms with van der Waals surface area (Å²) in [4.78, 5) is 10.5. The fourth-order valence-electron chi connectivity index (χ4n) is 1.81. The summed E-state index contributed by atoms with van der Waals surface area (Å²) in [6.07, 6.45) is 3.75. The third kappa shape index (κ3) is 3.71. The summed E-state index contributed by atoms with van der Waals surface area (Å²) in [6, 6.07) is 0. The van der Waals surface area contributed by atoms with Crippen molar-refractivity contribution < 1.29 is 14.6 Å². The second-order valence-corrected chi connectivity index (χ2v) is 4.95. The minimum Gasteiger partial charge on any atom is -0.481 e. The number of carboxylic acid groups (broad SMARTS) is 1. The minimum absolute atomic E-state index is 0.0203. The molecule has 1 aliphatic rings. The quantitative estimate of drug-likeness (QED) is 0.789. The largest absolute Gasteiger partial charge is 0.481 e. The second-order valence-electron chi connectivity index (χ2n) is 4.00. The number of thioether (sulfide) groups is 1. The van der Waals surface area contributed by atoms with E-state index in [0.717, 1.165) is 32.6 Å². The first-order valence-corrected chi connectivity index (χ1v) is 6.54. The fourth-order valence-corrected chi connectivity index (χ4v) is 2.46. The van der Waals surface area contributed by atoms with Crippen LogP contribution in [0.5, 0.6) is 0 Å². The van der Waals surface area contributed by atoms with E-state index in [1.165, 1.54) is 11.8 Å². The third-order valence-corrected chi connectivity index (χ3v) is 3.67. The molecule has 0 saturated carbocycles. The van der Waals surface area contributed by atoms with Gasteiger partial charge < -0.3 is 14.4 Å². The van der Waals surface area contributed by atoms with E-state index in [1.54, 1.807) is 6.33 Å². The molecule has 1 N–H and O–H groups in total. The predicted octanol–water partition coefficient (Wildman–Crippen LogP) is 0.881. The molecule has 2 rings (SSSR count). The summed E-state index contributed by atoms with van der Waals surface area (Å²) >= 11 is 1.21. The molecule has 2 heterocycles. The molecule has 0 radical (unpaired) electrons. The predicted molar refractivity (Wildman–Crippen MR) is 61.9 cm³/mol. The van der Waals surface area contributed by atoms with Crippen LogP contribution in [0.4, 0.5) is 0 Å². The van der Waals surface area contributed by atoms with Crippen LogP contribution in [-0.4, -0.2) is 44.8 Å². The van der Waals surface area contributed by atoms with Gasteiger partial charge in [-0.2, -0.15) is 0 Å². The highest BCUT2D eigenvalue weighted by Crippen LogP contribution is 2.20. The molecule has 17 heavy (non-hydrogen) atoms. The first-order valence-electron chi connectivity index (χ1n) is 5.56. The van der Waals surface area contributed by atoms with Gasteiger partial charge in [-0.1, -0.05) is 11.8 Å². The number of aromatic nitrogens is 3. The Morgan fingerprint density at radius 1 is 1.59 bits per heavy atom. The highest BCUT2D eigenvalue weighted by Gasteiger charge is 2.16. The molecular weight excluding hydrogens is 242 g/mol. The van der Waals surface area contributed by atoms with E-state index in [2.05, 4.69) is 10.2 Å². The van der Waals surface area contributed by atoms with Gasteiger partial charge in [0.25, 0.3) is 0 Å². The molecule has 1 aromatic heterocycles. The standard InChI is InChI=1S/C10H15N3O3S/c14-9(15)6-17-10-12-11-7-13(10)5-8-1-3-16-4-2-8/h7-8H,1-6H2,(H,14,15). The molecule has 0 unspecified atom stereocenters. The number of hydrogen-bond acceptors (Lipinski definition) is 5. The Morgan fingerprint density at radius 3 is 3.06 bits per heavy atom. The van der Waals surface area contributed by atoms with Crippen LogP contribution in [0.25, 0.3) is 0 Å². The van der Waals surface area contributed by atoms with Gasteiger partial charge >= 0.3 is 5.97 Å². The molecule has 1 saturated heterocycles. The minimum atomic E-state index is -0.837. The lowest BCUT2D eigenvalue weighted by Gasteiger charge is -2.22. The Kier molecular flexibility index (Phi) is 4.38. The maximum atomic E-state index is 10.5. The zero-order valence-electron chi connectivity index (χ0n) is 9.41. The van der Waals surface area contributed by atoms with Crippen LogP contribution in [0.2, 0.25) is 0 Å². The Morgan fingerprint density at radius 2 is 2.35 bits per heavy atom. The van der Waals surface area contributed by atoms with E-state index in [1.807, 2.05) is 4.57 Å². The number of aliphatic carboxylic acids is 1. The lowest BCUT2D eigenvalue weighted by Crippen LogP contribution is -2.20. The lowest BCUT2D eigenvalue weighted by atomic mass is 10.0. The van der Waals surface area contributed by atoms with E-state index in [9.17, 15) is 4.79 Å². The van der Waals surface area contributed by atoms with Crippen molar-refractivity contribution in [1.29, 1.82) is 0 Å². The number of nitrogens with zero attached hydrogens (tertiary/aromatic N) is 3. The normalized spacial score (nSPS) is 17.2. The molecule has 0 aromatic carbocycles. The summed E-state index contributed by atoms with van der Waals surface area (Å²) in [7, 11) is 0. The Labute approximate surface area is 103 Å². The van der Waals surface area contributed by atoms with Gasteiger partial charge in [-0.3, -0.25) is 4.79 Å². The molecule has 94 valence electrons. The van der Waals surface area contributed by atoms with Gasteiger partial charge in [0.1, 0.15) is 6.33 Å². The van der Waals surface area contributed by atoms with Crippen molar-refractivity contribution >= 4 is 17.7 Å². The lowest BCUT2D eigenvalue weighted by molar-refractivity contribution is -0.133. The van der Waals surface area contributed by atoms with Gasteiger partial charge in [-0.25, -0.2) is 0 Å². The fraction of sp³-hybridized carbons (Fsp3) is 0.700. The first kappa shape index (κ1) is 12.4. The van der Waals surface area contributed by atoms with Gasteiger partial charge in [0, 0.05) is 19.8 Å². The van der Waals surface area contributed by atoms with E-state index in [4.69, 9.17) is 9.84 Å². The third-order valence-electron chi connectivity index (χ3n) is 2.70. The van der Waals surface area contributed by atoms with Crippen LogP contribution in [0.3, 0.4) is 0 Å². The van der Waals surface area contributed by atoms with E-state index < -0.39 is 5.97 Å². The molecule has 6 nitrogen and oxygen atoms in total. The summed E-state index contributed by atoms with van der Waals surface area (Å²) < 4.78 is 7.24. The van der Waals surface area contributed by atoms with Crippen molar-refractivity contribution in [2.45, 2.75) is 24.5 Å². The first-order chi connectivity index (χ1) is 8.25. The monoisotopic (exact) mass is 257 g/mol. The van der Waals surface area contributed by atoms with Crippen LogP contribution in [0.1, 0.15) is 12.8 Å². The van der Waals surface area contributed by atoms with Crippen molar-refractivity contribution in [3.8, 4) is 0 Å². The van der Waals surface area contributed by atoms with Crippen molar-refractivity contribution in [3.05, 3.63) is 6.33 Å². The molecule has 0 spiro atoms. The van der Waals surface area contributed by atoms with Gasteiger partial charge in [-0.15, -0.1) is 10.2 Å². The molecule has 0 atom stereocenters. The van der Waals surface area contributed by atoms with Gasteiger partial charge in [0.05, 0.1) is 5.75 Å². The molecule has 1 fully saturated rings. The summed E-state index contributed by atoms with van der Waals surface area (Å²) in [5.41, 5.74) is 0. The van der Waals surface area contributed by atoms with Gasteiger partial charge in [-0.05, 0) is 18.8 Å². The van der Waals surface area contributed by atoms with Crippen molar-refractivity contribution in [2.75, 3.05) is 19.0 Å². The van der Waals surface area contributed by atoms with Crippen molar-refractivity contribution in [2.24, 2.45) is 5.92 Å². The van der Waals surface area contributed by atoms with Crippen molar-refractivity contribution in [1.82, 2.24) is 14.8 Å². The Bertz CT molecular complexity index is 377. The molecule has 1 aliphatic heterocycles. The highest BCUT2D eigenvalue weighted by atomic mass is 32.2. The summed E-state index contributed by atoms with van der Waals surface area (Å²) in [5.74, 6) is -0.244. The summed E-state index contributed by atoms with van der Waals surface area (Å²) in [6.45, 7) is 2.47. The molecule has 0 bridgehead atoms. The van der Waals surface area contributed by atoms with Gasteiger partial charge in [0.2, 0.25) is 0 Å². The zero-order chi connectivity index (χ0) is 12.1. The van der Waals surface area contributed by atoms with Crippen LogP contribution < -0.4 is 0 Å². The maximum Gasteiger partial charge on any atom is 0.313 e. The molecule has 0 amide bonds. The number of ether oxygens (including phenoxy) is 1. The topological polar surface area (TPSA) is 77.2 Å². The van der Waals surface area contributed by atoms with Crippen LogP contribution in [0.15, 0.2) is 11.5 Å². The summed E-state index contributed by atoms with van der Waals surface area (Å²) in [5, 5.41) is 17.1. The second kappa shape index (κ2) is 6.02. The van der Waals surface area contributed by atoms with Crippen molar-refractivity contribution in [3.63, 3.8) is 0 Å². The highest BCUT2D eigenvalue weighted by molar-refractivity contribution is 7.99.